The topological polar surface area (TPSA) is 30.5 Å². The maximum Gasteiger partial charge on any atom is 0.133 e. The molecule has 0 bridgehead atoms. The molecule has 1 heterocycles. The summed E-state index contributed by atoms with van der Waals surface area (Å²) >= 11 is 1.86. The Kier molecular flexibility index (Phi) is 4.07. The van der Waals surface area contributed by atoms with Gasteiger partial charge in [0.25, 0.3) is 0 Å². The van der Waals surface area contributed by atoms with E-state index in [4.69, 9.17) is 9.47 Å². The second-order valence-electron chi connectivity index (χ2n) is 4.71. The van der Waals surface area contributed by atoms with Crippen LogP contribution in [-0.4, -0.2) is 27.0 Å². The zero-order valence-electron chi connectivity index (χ0n) is 11.5. The summed E-state index contributed by atoms with van der Waals surface area (Å²) in [6.45, 7) is 2.24. The molecule has 0 radical (unpaired) electrons. The van der Waals surface area contributed by atoms with Crippen LogP contribution in [0.15, 0.2) is 17.0 Å². The van der Waals surface area contributed by atoms with E-state index >= 15 is 0 Å². The van der Waals surface area contributed by atoms with Crippen molar-refractivity contribution in [3.63, 3.8) is 0 Å². The first-order valence-electron chi connectivity index (χ1n) is 6.23. The summed E-state index contributed by atoms with van der Waals surface area (Å²) in [5, 5.41) is 3.45. The first-order valence-corrected chi connectivity index (χ1v) is 7.22. The Morgan fingerprint density at radius 1 is 1.22 bits per heavy atom. The molecule has 1 aliphatic heterocycles. The molecule has 1 aliphatic rings. The highest BCUT2D eigenvalue weighted by molar-refractivity contribution is 7.99. The van der Waals surface area contributed by atoms with Gasteiger partial charge in [-0.1, -0.05) is 0 Å². The molecule has 0 fully saturated rings. The maximum atomic E-state index is 5.56. The van der Waals surface area contributed by atoms with E-state index in [-0.39, 0.29) is 5.54 Å². The number of benzene rings is 1. The molecule has 1 aromatic carbocycles. The Labute approximate surface area is 113 Å². The minimum absolute atomic E-state index is 0.0568. The smallest absolute Gasteiger partial charge is 0.133 e. The predicted octanol–water partition coefficient (Wildman–Crippen LogP) is 3.02. The molecule has 3 nitrogen and oxygen atoms in total. The lowest BCUT2D eigenvalue weighted by molar-refractivity contribution is 0.326. The SMILES string of the molecule is CNC1(C)CCCSc2c(OC)ccc(OC)c21. The van der Waals surface area contributed by atoms with Crippen molar-refractivity contribution in [2.45, 2.75) is 30.2 Å². The monoisotopic (exact) mass is 267 g/mol. The molecule has 0 amide bonds. The molecule has 18 heavy (non-hydrogen) atoms. The van der Waals surface area contributed by atoms with Crippen LogP contribution in [0.5, 0.6) is 11.5 Å². The molecule has 0 saturated heterocycles. The van der Waals surface area contributed by atoms with Gasteiger partial charge in [-0.2, -0.15) is 0 Å². The summed E-state index contributed by atoms with van der Waals surface area (Å²) in [6, 6.07) is 3.99. The number of nitrogens with one attached hydrogen (secondary N) is 1. The van der Waals surface area contributed by atoms with Crippen LogP contribution in [0.4, 0.5) is 0 Å². The molecule has 100 valence electrons. The van der Waals surface area contributed by atoms with Crippen molar-refractivity contribution in [1.29, 1.82) is 0 Å². The lowest BCUT2D eigenvalue weighted by Gasteiger charge is -2.31. The van der Waals surface area contributed by atoms with E-state index in [0.29, 0.717) is 0 Å². The van der Waals surface area contributed by atoms with Gasteiger partial charge in [-0.05, 0) is 44.7 Å². The van der Waals surface area contributed by atoms with Crippen molar-refractivity contribution in [3.05, 3.63) is 17.7 Å². The molecule has 1 aromatic rings. The van der Waals surface area contributed by atoms with E-state index in [2.05, 4.69) is 12.2 Å². The van der Waals surface area contributed by atoms with Gasteiger partial charge in [0.15, 0.2) is 0 Å². The minimum atomic E-state index is -0.0568. The summed E-state index contributed by atoms with van der Waals surface area (Å²) in [5.41, 5.74) is 1.17. The summed E-state index contributed by atoms with van der Waals surface area (Å²) in [5.74, 6) is 3.00. The van der Waals surface area contributed by atoms with E-state index in [1.165, 1.54) is 16.9 Å². The van der Waals surface area contributed by atoms with Crippen LogP contribution in [0.2, 0.25) is 0 Å². The normalized spacial score (nSPS) is 23.1. The number of ether oxygens (including phenoxy) is 2. The number of methoxy groups -OCH3 is 2. The Bertz CT molecular complexity index is 436. The van der Waals surface area contributed by atoms with Crippen LogP contribution in [0.3, 0.4) is 0 Å². The number of thioether (sulfide) groups is 1. The fourth-order valence-corrected chi connectivity index (χ4v) is 3.77. The van der Waals surface area contributed by atoms with Gasteiger partial charge in [0.05, 0.1) is 19.1 Å². The molecule has 0 saturated carbocycles. The summed E-state index contributed by atoms with van der Waals surface area (Å²) < 4.78 is 11.1. The molecule has 1 N–H and O–H groups in total. The standard InChI is InChI=1S/C14H21NO2S/c1-14(15-2)8-5-9-18-13-11(17-4)7-6-10(16-3)12(13)14/h6-7,15H,5,8-9H2,1-4H3. The first kappa shape index (κ1) is 13.6. The Morgan fingerprint density at radius 3 is 2.50 bits per heavy atom. The molecule has 2 rings (SSSR count). The highest BCUT2D eigenvalue weighted by Crippen LogP contribution is 2.47. The van der Waals surface area contributed by atoms with Crippen LogP contribution in [0.1, 0.15) is 25.3 Å². The maximum absolute atomic E-state index is 5.56. The molecule has 4 heteroatoms. The van der Waals surface area contributed by atoms with Crippen LogP contribution in [-0.2, 0) is 5.54 Å². The average molecular weight is 267 g/mol. The van der Waals surface area contributed by atoms with Crippen LogP contribution < -0.4 is 14.8 Å². The molecular weight excluding hydrogens is 246 g/mol. The Hall–Kier alpha value is -0.870. The fraction of sp³-hybridized carbons (Fsp3) is 0.571. The fourth-order valence-electron chi connectivity index (χ4n) is 2.52. The largest absolute Gasteiger partial charge is 0.496 e. The lowest BCUT2D eigenvalue weighted by Crippen LogP contribution is -2.37. The molecule has 1 atom stereocenters. The van der Waals surface area contributed by atoms with Crippen molar-refractivity contribution < 1.29 is 9.47 Å². The summed E-state index contributed by atoms with van der Waals surface area (Å²) in [7, 11) is 5.47. The van der Waals surface area contributed by atoms with Crippen molar-refractivity contribution in [2.75, 3.05) is 27.0 Å². The van der Waals surface area contributed by atoms with Gasteiger partial charge in [-0.3, -0.25) is 0 Å². The van der Waals surface area contributed by atoms with Crippen LogP contribution in [0.25, 0.3) is 0 Å². The van der Waals surface area contributed by atoms with Crippen LogP contribution >= 0.6 is 11.8 Å². The Balaban J connectivity index is 2.66. The molecule has 1 unspecified atom stereocenters. The predicted molar refractivity (Wildman–Crippen MR) is 75.9 cm³/mol. The molecule has 0 spiro atoms. The first-order chi connectivity index (χ1) is 8.66. The van der Waals surface area contributed by atoms with E-state index in [1.54, 1.807) is 14.2 Å². The Morgan fingerprint density at radius 2 is 1.89 bits per heavy atom. The van der Waals surface area contributed by atoms with Crippen molar-refractivity contribution in [2.24, 2.45) is 0 Å². The zero-order valence-corrected chi connectivity index (χ0v) is 12.3. The zero-order chi connectivity index (χ0) is 13.2. The highest BCUT2D eigenvalue weighted by atomic mass is 32.2. The van der Waals surface area contributed by atoms with Crippen molar-refractivity contribution in [3.8, 4) is 11.5 Å². The van der Waals surface area contributed by atoms with Gasteiger partial charge in [-0.15, -0.1) is 11.8 Å². The van der Waals surface area contributed by atoms with Crippen molar-refractivity contribution in [1.82, 2.24) is 5.32 Å². The third kappa shape index (κ3) is 2.19. The minimum Gasteiger partial charge on any atom is -0.496 e. The van der Waals surface area contributed by atoms with E-state index in [9.17, 15) is 0 Å². The molecule has 0 aromatic heterocycles. The van der Waals surface area contributed by atoms with Gasteiger partial charge in [0.1, 0.15) is 11.5 Å². The van der Waals surface area contributed by atoms with Gasteiger partial charge in [0.2, 0.25) is 0 Å². The van der Waals surface area contributed by atoms with E-state index in [0.717, 1.165) is 23.7 Å². The number of fused-ring (bicyclic) bond motifs is 1. The highest BCUT2D eigenvalue weighted by Gasteiger charge is 2.34. The van der Waals surface area contributed by atoms with E-state index in [1.807, 2.05) is 30.9 Å². The van der Waals surface area contributed by atoms with E-state index < -0.39 is 0 Å². The average Bonchev–Trinajstić information content (AvgIpc) is 2.58. The second kappa shape index (κ2) is 5.41. The van der Waals surface area contributed by atoms with Gasteiger partial charge >= 0.3 is 0 Å². The third-order valence-electron chi connectivity index (χ3n) is 3.69. The molecular formula is C14H21NO2S. The summed E-state index contributed by atoms with van der Waals surface area (Å²) in [4.78, 5) is 1.21. The van der Waals surface area contributed by atoms with Crippen molar-refractivity contribution >= 4 is 11.8 Å². The number of hydrogen-bond donors (Lipinski definition) is 1. The lowest BCUT2D eigenvalue weighted by atomic mass is 9.87. The third-order valence-corrected chi connectivity index (χ3v) is 4.88. The number of rotatable bonds is 3. The van der Waals surface area contributed by atoms with Gasteiger partial charge < -0.3 is 14.8 Å². The van der Waals surface area contributed by atoms with Crippen LogP contribution in [0, 0.1) is 0 Å². The number of hydrogen-bond acceptors (Lipinski definition) is 4. The van der Waals surface area contributed by atoms with Gasteiger partial charge in [-0.25, -0.2) is 0 Å². The summed E-state index contributed by atoms with van der Waals surface area (Å²) in [6.07, 6.45) is 2.29. The quantitative estimate of drug-likeness (QED) is 0.912. The van der Waals surface area contributed by atoms with Gasteiger partial charge in [0, 0.05) is 11.1 Å². The second-order valence-corrected chi connectivity index (χ2v) is 5.81. The molecule has 0 aliphatic carbocycles.